The first kappa shape index (κ1) is 19.5. The van der Waals surface area contributed by atoms with Gasteiger partial charge in [0.2, 0.25) is 0 Å². The predicted octanol–water partition coefficient (Wildman–Crippen LogP) is 5.61. The molecule has 1 fully saturated rings. The number of carbonyl (C=O) groups is 2. The van der Waals surface area contributed by atoms with Gasteiger partial charge in [0.1, 0.15) is 5.70 Å². The largest absolute Gasteiger partial charge is 0.333 e. The van der Waals surface area contributed by atoms with Crippen molar-refractivity contribution in [2.24, 2.45) is 0 Å². The van der Waals surface area contributed by atoms with Gasteiger partial charge in [0.25, 0.3) is 5.91 Å². The van der Waals surface area contributed by atoms with Crippen molar-refractivity contribution in [3.8, 4) is 5.69 Å². The monoisotopic (exact) mass is 469 g/mol. The van der Waals surface area contributed by atoms with Crippen LogP contribution in [-0.4, -0.2) is 16.5 Å². The molecular weight excluding hydrogens is 454 g/mol. The summed E-state index contributed by atoms with van der Waals surface area (Å²) in [7, 11) is 0. The zero-order valence-corrected chi connectivity index (χ0v) is 18.1. The molecule has 5 nitrogen and oxygen atoms in total. The highest BCUT2D eigenvalue weighted by atomic mass is 79.9. The first-order valence-corrected chi connectivity index (χ1v) is 10.1. The van der Waals surface area contributed by atoms with Gasteiger partial charge in [-0.1, -0.05) is 33.6 Å². The molecule has 4 rings (SSSR count). The first-order chi connectivity index (χ1) is 13.8. The molecule has 1 aliphatic rings. The van der Waals surface area contributed by atoms with Gasteiger partial charge in [-0.3, -0.25) is 4.79 Å². The quantitative estimate of drug-likeness (QED) is 0.400. The number of aromatic nitrogens is 1. The molecule has 0 unspecified atom stereocenters. The Bertz CT molecular complexity index is 1170. The number of imide groups is 1. The van der Waals surface area contributed by atoms with E-state index in [9.17, 15) is 9.59 Å². The molecular formula is C22H17BrClN3O2. The minimum absolute atomic E-state index is 0.236. The number of benzene rings is 2. The molecule has 0 saturated carbocycles. The fraction of sp³-hybridized carbons (Fsp3) is 0.0909. The highest BCUT2D eigenvalue weighted by molar-refractivity contribution is 9.10. The van der Waals surface area contributed by atoms with E-state index >= 15 is 0 Å². The van der Waals surface area contributed by atoms with E-state index in [-0.39, 0.29) is 5.70 Å². The van der Waals surface area contributed by atoms with E-state index in [4.69, 9.17) is 11.6 Å². The van der Waals surface area contributed by atoms with Gasteiger partial charge >= 0.3 is 6.03 Å². The number of hydrogen-bond donors (Lipinski definition) is 1. The van der Waals surface area contributed by atoms with Crippen LogP contribution in [0, 0.1) is 13.8 Å². The second-order valence-electron chi connectivity index (χ2n) is 6.75. The Hall–Kier alpha value is -2.83. The summed E-state index contributed by atoms with van der Waals surface area (Å²) < 4.78 is 3.09. The van der Waals surface area contributed by atoms with Gasteiger partial charge in [0, 0.05) is 26.6 Å². The first-order valence-electron chi connectivity index (χ1n) is 8.93. The van der Waals surface area contributed by atoms with Crippen molar-refractivity contribution in [2.45, 2.75) is 13.8 Å². The molecule has 1 aliphatic heterocycles. The molecule has 0 bridgehead atoms. The fourth-order valence-corrected chi connectivity index (χ4v) is 3.97. The topological polar surface area (TPSA) is 54.3 Å². The Morgan fingerprint density at radius 2 is 1.72 bits per heavy atom. The number of anilines is 1. The number of nitrogens with one attached hydrogen (secondary N) is 1. The van der Waals surface area contributed by atoms with E-state index in [2.05, 4.69) is 25.8 Å². The number of halogens is 2. The summed E-state index contributed by atoms with van der Waals surface area (Å²) in [6.07, 6.45) is 1.72. The zero-order valence-electron chi connectivity index (χ0n) is 15.7. The lowest BCUT2D eigenvalue weighted by Crippen LogP contribution is -2.30. The predicted molar refractivity (Wildman–Crippen MR) is 118 cm³/mol. The maximum atomic E-state index is 12.9. The smallest absolute Gasteiger partial charge is 0.318 e. The van der Waals surface area contributed by atoms with Crippen molar-refractivity contribution >= 4 is 51.2 Å². The minimum atomic E-state index is -0.482. The number of amides is 3. The van der Waals surface area contributed by atoms with Crippen molar-refractivity contribution in [3.63, 3.8) is 0 Å². The Morgan fingerprint density at radius 1 is 1.00 bits per heavy atom. The fourth-order valence-electron chi connectivity index (χ4n) is 3.46. The molecule has 2 heterocycles. The summed E-state index contributed by atoms with van der Waals surface area (Å²) in [5, 5.41) is 3.21. The Balaban J connectivity index is 1.70. The lowest BCUT2D eigenvalue weighted by molar-refractivity contribution is -0.113. The molecule has 1 N–H and O–H groups in total. The lowest BCUT2D eigenvalue weighted by atomic mass is 10.2. The molecule has 3 amide bonds. The van der Waals surface area contributed by atoms with E-state index < -0.39 is 11.9 Å². The van der Waals surface area contributed by atoms with Gasteiger partial charge in [-0.25, -0.2) is 9.69 Å². The molecule has 0 radical (unpaired) electrons. The summed E-state index contributed by atoms with van der Waals surface area (Å²) in [6.45, 7) is 3.99. The maximum absolute atomic E-state index is 12.9. The third kappa shape index (κ3) is 3.61. The molecule has 3 aromatic rings. The number of hydrogen-bond acceptors (Lipinski definition) is 2. The van der Waals surface area contributed by atoms with E-state index in [1.807, 2.05) is 44.2 Å². The maximum Gasteiger partial charge on any atom is 0.333 e. The Morgan fingerprint density at radius 3 is 2.41 bits per heavy atom. The highest BCUT2D eigenvalue weighted by Gasteiger charge is 2.35. The molecule has 2 aromatic carbocycles. The molecule has 0 atom stereocenters. The summed E-state index contributed by atoms with van der Waals surface area (Å²) in [6, 6.07) is 16.1. The summed E-state index contributed by atoms with van der Waals surface area (Å²) >= 11 is 9.40. The SMILES string of the molecule is Cc1cc(/C=C2/NC(=O)N(c3ccc(Cl)cc3)C2=O)c(C)n1-c1cccc(Br)c1. The minimum Gasteiger partial charge on any atom is -0.318 e. The number of urea groups is 1. The second-order valence-corrected chi connectivity index (χ2v) is 8.10. The van der Waals surface area contributed by atoms with Gasteiger partial charge < -0.3 is 9.88 Å². The van der Waals surface area contributed by atoms with Crippen molar-refractivity contribution < 1.29 is 9.59 Å². The molecule has 29 heavy (non-hydrogen) atoms. The molecule has 1 aromatic heterocycles. The van der Waals surface area contributed by atoms with Crippen molar-refractivity contribution in [1.29, 1.82) is 0 Å². The van der Waals surface area contributed by atoms with Crippen molar-refractivity contribution in [1.82, 2.24) is 9.88 Å². The normalized spacial score (nSPS) is 15.3. The molecule has 7 heteroatoms. The number of carbonyl (C=O) groups excluding carboxylic acids is 2. The molecule has 1 saturated heterocycles. The van der Waals surface area contributed by atoms with Crippen LogP contribution in [0.5, 0.6) is 0 Å². The van der Waals surface area contributed by atoms with Crippen LogP contribution in [-0.2, 0) is 4.79 Å². The van der Waals surface area contributed by atoms with Crippen molar-refractivity contribution in [2.75, 3.05) is 4.90 Å². The van der Waals surface area contributed by atoms with Gasteiger partial charge in [0.15, 0.2) is 0 Å². The highest BCUT2D eigenvalue weighted by Crippen LogP contribution is 2.27. The average Bonchev–Trinajstić information content (AvgIpc) is 3.11. The van der Waals surface area contributed by atoms with Gasteiger partial charge in [-0.2, -0.15) is 0 Å². The van der Waals surface area contributed by atoms with Crippen molar-refractivity contribution in [3.05, 3.63) is 86.7 Å². The Kier molecular flexibility index (Phi) is 5.06. The third-order valence-corrected chi connectivity index (χ3v) is 5.54. The van der Waals surface area contributed by atoms with E-state index in [0.717, 1.165) is 32.0 Å². The van der Waals surface area contributed by atoms with Gasteiger partial charge in [-0.15, -0.1) is 0 Å². The standard InChI is InChI=1S/C22H17BrClN3O2/c1-13-10-15(14(2)26(13)19-5-3-4-16(23)12-19)11-20-21(28)27(22(29)25-20)18-8-6-17(24)7-9-18/h3-12H,1-2H3,(H,25,29)/b20-11+. The van der Waals surface area contributed by atoms with E-state index in [1.165, 1.54) is 0 Å². The molecule has 0 aliphatic carbocycles. The van der Waals surface area contributed by atoms with Crippen LogP contribution in [0.15, 0.2) is 64.8 Å². The van der Waals surface area contributed by atoms with Gasteiger partial charge in [0.05, 0.1) is 5.69 Å². The van der Waals surface area contributed by atoms with Crippen LogP contribution in [0.4, 0.5) is 10.5 Å². The van der Waals surface area contributed by atoms with Crippen LogP contribution < -0.4 is 10.2 Å². The van der Waals surface area contributed by atoms with Crippen LogP contribution in [0.2, 0.25) is 5.02 Å². The molecule has 146 valence electrons. The van der Waals surface area contributed by atoms with Crippen LogP contribution >= 0.6 is 27.5 Å². The number of rotatable bonds is 3. The lowest BCUT2D eigenvalue weighted by Gasteiger charge is -2.11. The van der Waals surface area contributed by atoms with Gasteiger partial charge in [-0.05, 0) is 74.0 Å². The van der Waals surface area contributed by atoms with E-state index in [0.29, 0.717) is 10.7 Å². The summed E-state index contributed by atoms with van der Waals surface area (Å²) in [4.78, 5) is 26.4. The number of nitrogens with zero attached hydrogens (tertiary/aromatic N) is 2. The Labute approximate surface area is 181 Å². The average molecular weight is 471 g/mol. The summed E-state index contributed by atoms with van der Waals surface area (Å²) in [5.41, 5.74) is 4.59. The zero-order chi connectivity index (χ0) is 20.7. The molecule has 0 spiro atoms. The van der Waals surface area contributed by atoms with Crippen LogP contribution in [0.1, 0.15) is 17.0 Å². The second kappa shape index (κ2) is 7.54. The van der Waals surface area contributed by atoms with E-state index in [1.54, 1.807) is 30.3 Å². The summed E-state index contributed by atoms with van der Waals surface area (Å²) in [5.74, 6) is -0.399. The van der Waals surface area contributed by atoms with Crippen LogP contribution in [0.3, 0.4) is 0 Å². The number of aryl methyl sites for hydroxylation is 1. The third-order valence-electron chi connectivity index (χ3n) is 4.80. The van der Waals surface area contributed by atoms with Crippen LogP contribution in [0.25, 0.3) is 11.8 Å².